The van der Waals surface area contributed by atoms with E-state index in [2.05, 4.69) is 48.0 Å². The summed E-state index contributed by atoms with van der Waals surface area (Å²) in [5, 5.41) is 13.1. The quantitative estimate of drug-likeness (QED) is 0.766. The van der Waals surface area contributed by atoms with Crippen molar-refractivity contribution in [2.24, 2.45) is 5.92 Å². The summed E-state index contributed by atoms with van der Waals surface area (Å²) in [4.78, 5) is 22.2. The summed E-state index contributed by atoms with van der Waals surface area (Å²) < 4.78 is 0. The Bertz CT molecular complexity index is 794. The maximum absolute atomic E-state index is 9.48. The second-order valence-electron chi connectivity index (χ2n) is 8.03. The van der Waals surface area contributed by atoms with Gasteiger partial charge in [0.2, 0.25) is 0 Å². The number of piperidine rings is 2. The monoisotopic (exact) mass is 397 g/mol. The van der Waals surface area contributed by atoms with Crippen LogP contribution in [0.15, 0.2) is 24.8 Å². The summed E-state index contributed by atoms with van der Waals surface area (Å²) in [6.07, 6.45) is 8.51. The van der Waals surface area contributed by atoms with Gasteiger partial charge in [0.1, 0.15) is 30.1 Å². The highest BCUT2D eigenvalue weighted by Crippen LogP contribution is 2.24. The molecule has 1 unspecified atom stereocenters. The SMILES string of the molecule is CCc1cc(N2CCC(Nc3cc(N4CCCC(CO)C4)ncn3)CC2)ncn1. The van der Waals surface area contributed by atoms with E-state index in [0.717, 1.165) is 81.4 Å². The number of nitrogens with one attached hydrogen (secondary N) is 1. The number of hydrogen-bond donors (Lipinski definition) is 2. The Morgan fingerprint density at radius 1 is 0.966 bits per heavy atom. The number of rotatable bonds is 6. The largest absolute Gasteiger partial charge is 0.396 e. The first-order chi connectivity index (χ1) is 14.2. The van der Waals surface area contributed by atoms with Gasteiger partial charge in [0, 0.05) is 56.7 Å². The average Bonchev–Trinajstić information content (AvgIpc) is 2.80. The minimum absolute atomic E-state index is 0.247. The molecular formula is C21H31N7O. The van der Waals surface area contributed by atoms with Gasteiger partial charge in [-0.25, -0.2) is 19.9 Å². The van der Waals surface area contributed by atoms with E-state index in [1.54, 1.807) is 12.7 Å². The van der Waals surface area contributed by atoms with Gasteiger partial charge in [0.15, 0.2) is 0 Å². The zero-order valence-corrected chi connectivity index (χ0v) is 17.2. The van der Waals surface area contributed by atoms with Gasteiger partial charge < -0.3 is 20.2 Å². The number of hydrogen-bond acceptors (Lipinski definition) is 8. The predicted molar refractivity (Wildman–Crippen MR) is 114 cm³/mol. The highest BCUT2D eigenvalue weighted by molar-refractivity contribution is 5.49. The molecule has 0 amide bonds. The summed E-state index contributed by atoms with van der Waals surface area (Å²) in [6.45, 7) is 6.16. The van der Waals surface area contributed by atoms with Crippen LogP contribution in [0.25, 0.3) is 0 Å². The number of nitrogens with zero attached hydrogens (tertiary/aromatic N) is 6. The van der Waals surface area contributed by atoms with E-state index < -0.39 is 0 Å². The van der Waals surface area contributed by atoms with E-state index in [0.29, 0.717) is 12.0 Å². The third kappa shape index (κ3) is 4.93. The molecular weight excluding hydrogens is 366 g/mol. The van der Waals surface area contributed by atoms with Crippen molar-refractivity contribution in [3.63, 3.8) is 0 Å². The number of aliphatic hydroxyl groups excluding tert-OH is 1. The molecule has 0 bridgehead atoms. The Balaban J connectivity index is 1.33. The molecule has 0 aromatic carbocycles. The number of aromatic nitrogens is 4. The molecule has 8 heteroatoms. The Morgan fingerprint density at radius 3 is 2.48 bits per heavy atom. The van der Waals surface area contributed by atoms with Gasteiger partial charge in [-0.3, -0.25) is 0 Å². The fourth-order valence-electron chi connectivity index (χ4n) is 4.24. The zero-order chi connectivity index (χ0) is 20.1. The fraction of sp³-hybridized carbons (Fsp3) is 0.619. The summed E-state index contributed by atoms with van der Waals surface area (Å²) in [6, 6.07) is 4.54. The summed E-state index contributed by atoms with van der Waals surface area (Å²) >= 11 is 0. The van der Waals surface area contributed by atoms with Crippen LogP contribution in [0.2, 0.25) is 0 Å². The topological polar surface area (TPSA) is 90.3 Å². The summed E-state index contributed by atoms with van der Waals surface area (Å²) in [7, 11) is 0. The third-order valence-corrected chi connectivity index (χ3v) is 6.00. The molecule has 0 radical (unpaired) electrons. The molecule has 2 aliphatic rings. The van der Waals surface area contributed by atoms with Crippen LogP contribution in [0, 0.1) is 5.92 Å². The van der Waals surface area contributed by atoms with Gasteiger partial charge in [-0.05, 0) is 38.0 Å². The molecule has 8 nitrogen and oxygen atoms in total. The van der Waals surface area contributed by atoms with Crippen LogP contribution in [0.5, 0.6) is 0 Å². The predicted octanol–water partition coefficient (Wildman–Crippen LogP) is 2.12. The molecule has 2 saturated heterocycles. The molecule has 4 rings (SSSR count). The lowest BCUT2D eigenvalue weighted by molar-refractivity contribution is 0.208. The second-order valence-corrected chi connectivity index (χ2v) is 8.03. The highest BCUT2D eigenvalue weighted by atomic mass is 16.3. The number of anilines is 3. The Kier molecular flexibility index (Phi) is 6.39. The first-order valence-corrected chi connectivity index (χ1v) is 10.8. The van der Waals surface area contributed by atoms with Crippen LogP contribution in [-0.2, 0) is 6.42 Å². The van der Waals surface area contributed by atoms with E-state index in [-0.39, 0.29) is 6.61 Å². The smallest absolute Gasteiger partial charge is 0.134 e. The molecule has 2 fully saturated rings. The van der Waals surface area contributed by atoms with Crippen molar-refractivity contribution in [1.82, 2.24) is 19.9 Å². The standard InChI is InChI=1S/C21H31N7O/c1-2-17-10-20(24-14-22-17)27-8-5-18(6-9-27)26-19-11-21(25-15-23-19)28-7-3-4-16(12-28)13-29/h10-11,14-16,18,29H,2-9,12-13H2,1H3,(H,23,25,26). The van der Waals surface area contributed by atoms with E-state index >= 15 is 0 Å². The van der Waals surface area contributed by atoms with Crippen LogP contribution in [0.1, 0.15) is 38.3 Å². The molecule has 1 atom stereocenters. The first kappa shape index (κ1) is 19.8. The fourth-order valence-corrected chi connectivity index (χ4v) is 4.24. The van der Waals surface area contributed by atoms with Gasteiger partial charge >= 0.3 is 0 Å². The maximum Gasteiger partial charge on any atom is 0.134 e. The Labute approximate surface area is 172 Å². The maximum atomic E-state index is 9.48. The Morgan fingerprint density at radius 2 is 1.72 bits per heavy atom. The minimum atomic E-state index is 0.247. The number of aryl methyl sites for hydroxylation is 1. The normalized spacial score (nSPS) is 20.7. The molecule has 2 aromatic heterocycles. The molecule has 29 heavy (non-hydrogen) atoms. The van der Waals surface area contributed by atoms with Crippen molar-refractivity contribution < 1.29 is 5.11 Å². The van der Waals surface area contributed by atoms with Crippen LogP contribution < -0.4 is 15.1 Å². The van der Waals surface area contributed by atoms with Crippen LogP contribution >= 0.6 is 0 Å². The molecule has 156 valence electrons. The van der Waals surface area contributed by atoms with Crippen LogP contribution in [0.3, 0.4) is 0 Å². The van der Waals surface area contributed by atoms with Gasteiger partial charge in [-0.1, -0.05) is 6.92 Å². The van der Waals surface area contributed by atoms with Gasteiger partial charge in [-0.15, -0.1) is 0 Å². The van der Waals surface area contributed by atoms with Crippen molar-refractivity contribution in [2.45, 2.75) is 45.1 Å². The lowest BCUT2D eigenvalue weighted by Crippen LogP contribution is -2.40. The molecule has 0 spiro atoms. The van der Waals surface area contributed by atoms with Crippen molar-refractivity contribution in [1.29, 1.82) is 0 Å². The molecule has 0 aliphatic carbocycles. The lowest BCUT2D eigenvalue weighted by atomic mass is 9.99. The minimum Gasteiger partial charge on any atom is -0.396 e. The van der Waals surface area contributed by atoms with Crippen LogP contribution in [0.4, 0.5) is 17.5 Å². The summed E-state index contributed by atoms with van der Waals surface area (Å²) in [5.41, 5.74) is 1.09. The first-order valence-electron chi connectivity index (χ1n) is 10.8. The molecule has 4 heterocycles. The van der Waals surface area contributed by atoms with Crippen molar-refractivity contribution in [2.75, 3.05) is 47.9 Å². The second kappa shape index (κ2) is 9.35. The lowest BCUT2D eigenvalue weighted by Gasteiger charge is -2.34. The van der Waals surface area contributed by atoms with Gasteiger partial charge in [0.25, 0.3) is 0 Å². The van der Waals surface area contributed by atoms with E-state index in [9.17, 15) is 5.11 Å². The summed E-state index contributed by atoms with van der Waals surface area (Å²) in [5.74, 6) is 3.21. The van der Waals surface area contributed by atoms with Crippen molar-refractivity contribution in [3.8, 4) is 0 Å². The van der Waals surface area contributed by atoms with E-state index in [1.165, 1.54) is 0 Å². The Hall–Kier alpha value is -2.48. The zero-order valence-electron chi connectivity index (χ0n) is 17.2. The highest BCUT2D eigenvalue weighted by Gasteiger charge is 2.23. The average molecular weight is 398 g/mol. The van der Waals surface area contributed by atoms with Gasteiger partial charge in [0.05, 0.1) is 0 Å². The molecule has 0 saturated carbocycles. The third-order valence-electron chi connectivity index (χ3n) is 6.00. The van der Waals surface area contributed by atoms with E-state index in [4.69, 9.17) is 0 Å². The van der Waals surface area contributed by atoms with Crippen molar-refractivity contribution in [3.05, 3.63) is 30.5 Å². The molecule has 2 N–H and O–H groups in total. The van der Waals surface area contributed by atoms with E-state index in [1.807, 2.05) is 6.07 Å². The van der Waals surface area contributed by atoms with Crippen LogP contribution in [-0.4, -0.2) is 63.9 Å². The number of aliphatic hydroxyl groups is 1. The molecule has 2 aromatic rings. The van der Waals surface area contributed by atoms with Crippen molar-refractivity contribution >= 4 is 17.5 Å². The van der Waals surface area contributed by atoms with Gasteiger partial charge in [-0.2, -0.15) is 0 Å². The molecule has 2 aliphatic heterocycles.